The first-order valence-corrected chi connectivity index (χ1v) is 10.1. The maximum atomic E-state index is 13.4. The van der Waals surface area contributed by atoms with Crippen molar-refractivity contribution in [1.82, 2.24) is 4.90 Å². The molecule has 1 aromatic carbocycles. The minimum Gasteiger partial charge on any atom is -0.387 e. The highest BCUT2D eigenvalue weighted by Crippen LogP contribution is 2.51. The molecule has 0 aromatic heterocycles. The lowest BCUT2D eigenvalue weighted by molar-refractivity contribution is -0.738. The number of carbonyl (C=O) groups excluding carboxylic acids is 3. The fourth-order valence-corrected chi connectivity index (χ4v) is 5.31. The molecule has 3 amide bonds. The number of nitrogens with two attached hydrogens (primary N) is 1. The molecule has 4 N–H and O–H groups in total. The van der Waals surface area contributed by atoms with Crippen LogP contribution in [0.2, 0.25) is 5.02 Å². The highest BCUT2D eigenvalue weighted by molar-refractivity contribution is 6.32. The van der Waals surface area contributed by atoms with E-state index in [-0.39, 0.29) is 23.8 Å². The molecule has 0 radical (unpaired) electrons. The van der Waals surface area contributed by atoms with E-state index in [4.69, 9.17) is 11.6 Å². The number of imide groups is 1. The normalized spacial score (nSPS) is 33.3. The molecule has 1 aromatic rings. The average Bonchev–Trinajstić information content (AvgIpc) is 3.24. The van der Waals surface area contributed by atoms with Gasteiger partial charge in [0.25, 0.3) is 5.91 Å². The van der Waals surface area contributed by atoms with E-state index in [2.05, 4.69) is 5.32 Å². The molecule has 0 unspecified atom stereocenters. The summed E-state index contributed by atoms with van der Waals surface area (Å²) in [6.45, 7) is 7.15. The Morgan fingerprint density at radius 1 is 1.29 bits per heavy atom. The summed E-state index contributed by atoms with van der Waals surface area (Å²) in [5.41, 5.74) is 0.711. The number of rotatable bonds is 3. The molecule has 28 heavy (non-hydrogen) atoms. The number of anilines is 1. The molecule has 3 heterocycles. The number of quaternary nitrogens is 1. The van der Waals surface area contributed by atoms with Crippen molar-refractivity contribution >= 4 is 35.0 Å². The van der Waals surface area contributed by atoms with Gasteiger partial charge in [0.05, 0.1) is 5.69 Å². The van der Waals surface area contributed by atoms with Crippen LogP contribution in [0.5, 0.6) is 0 Å². The van der Waals surface area contributed by atoms with Gasteiger partial charge >= 0.3 is 0 Å². The van der Waals surface area contributed by atoms with Crippen LogP contribution in [0.4, 0.5) is 5.69 Å². The fraction of sp³-hybridized carbons (Fsp3) is 0.550. The Morgan fingerprint density at radius 3 is 2.57 bits per heavy atom. The van der Waals surface area contributed by atoms with E-state index < -0.39 is 29.5 Å². The van der Waals surface area contributed by atoms with E-state index in [1.165, 1.54) is 4.90 Å². The van der Waals surface area contributed by atoms with E-state index in [9.17, 15) is 19.5 Å². The molecular formula is C20H25ClN3O4+. The molecule has 0 aliphatic carbocycles. The summed E-state index contributed by atoms with van der Waals surface area (Å²) in [4.78, 5) is 41.2. The third-order valence-corrected chi connectivity index (χ3v) is 7.20. The molecule has 4 rings (SSSR count). The lowest BCUT2D eigenvalue weighted by atomic mass is 9.76. The number of amides is 3. The molecule has 7 nitrogen and oxygen atoms in total. The summed E-state index contributed by atoms with van der Waals surface area (Å²) in [7, 11) is 0. The van der Waals surface area contributed by atoms with Crippen molar-refractivity contribution in [3.63, 3.8) is 0 Å². The third-order valence-electron chi connectivity index (χ3n) is 6.79. The quantitative estimate of drug-likeness (QED) is 0.637. The largest absolute Gasteiger partial charge is 0.387 e. The van der Waals surface area contributed by atoms with Crippen LogP contribution in [-0.4, -0.2) is 45.9 Å². The number of hydrogen-bond acceptors (Lipinski definition) is 4. The number of halogens is 1. The zero-order valence-corrected chi connectivity index (χ0v) is 17.1. The monoisotopic (exact) mass is 406 g/mol. The zero-order chi connectivity index (χ0) is 20.5. The first-order chi connectivity index (χ1) is 13.2. The maximum absolute atomic E-state index is 13.4. The molecule has 150 valence electrons. The van der Waals surface area contributed by atoms with Gasteiger partial charge in [-0.2, -0.15) is 0 Å². The second-order valence-corrected chi connectivity index (χ2v) is 8.62. The Balaban J connectivity index is 1.93. The smallest absolute Gasteiger partial charge is 0.291 e. The Morgan fingerprint density at radius 2 is 1.96 bits per heavy atom. The minimum absolute atomic E-state index is 0.256. The second-order valence-electron chi connectivity index (χ2n) is 8.21. The van der Waals surface area contributed by atoms with Crippen molar-refractivity contribution in [3.8, 4) is 0 Å². The molecule has 8 heteroatoms. The van der Waals surface area contributed by atoms with E-state index in [0.29, 0.717) is 22.7 Å². The Labute approximate surface area is 168 Å². The van der Waals surface area contributed by atoms with E-state index in [1.807, 2.05) is 20.8 Å². The summed E-state index contributed by atoms with van der Waals surface area (Å²) in [5, 5.41) is 15.5. The molecule has 6 atom stereocenters. The number of hydrogen-bond donors (Lipinski definition) is 3. The first-order valence-electron chi connectivity index (χ1n) is 9.68. The Bertz CT molecular complexity index is 902. The van der Waals surface area contributed by atoms with Gasteiger partial charge in [-0.25, -0.2) is 0 Å². The summed E-state index contributed by atoms with van der Waals surface area (Å²) in [6, 6.07) is 2.63. The van der Waals surface area contributed by atoms with E-state index >= 15 is 0 Å². The lowest BCUT2D eigenvalue weighted by Crippen LogP contribution is -3.00. The number of carbonyl (C=O) groups is 3. The van der Waals surface area contributed by atoms with Crippen LogP contribution in [-0.2, 0) is 19.9 Å². The van der Waals surface area contributed by atoms with Gasteiger partial charge in [0.2, 0.25) is 17.4 Å². The van der Waals surface area contributed by atoms with Crippen LogP contribution >= 0.6 is 11.6 Å². The van der Waals surface area contributed by atoms with Crippen molar-refractivity contribution in [1.29, 1.82) is 0 Å². The Kier molecular flexibility index (Phi) is 4.34. The van der Waals surface area contributed by atoms with Gasteiger partial charge in [-0.15, -0.1) is 0 Å². The van der Waals surface area contributed by atoms with Crippen LogP contribution in [0, 0.1) is 18.8 Å². The van der Waals surface area contributed by atoms with Gasteiger partial charge in [-0.3, -0.25) is 19.3 Å². The third kappa shape index (κ3) is 2.21. The maximum Gasteiger partial charge on any atom is 0.291 e. The zero-order valence-electron chi connectivity index (χ0n) is 16.3. The molecular weight excluding hydrogens is 382 g/mol. The van der Waals surface area contributed by atoms with Crippen molar-refractivity contribution in [2.75, 3.05) is 5.32 Å². The predicted octanol–water partition coefficient (Wildman–Crippen LogP) is 0.522. The second kappa shape index (κ2) is 6.27. The van der Waals surface area contributed by atoms with Crippen molar-refractivity contribution in [3.05, 3.63) is 28.3 Å². The average molecular weight is 407 g/mol. The van der Waals surface area contributed by atoms with E-state index in [1.54, 1.807) is 24.4 Å². The molecule has 3 aliphatic heterocycles. The van der Waals surface area contributed by atoms with E-state index in [0.717, 1.165) is 5.56 Å². The van der Waals surface area contributed by atoms with Crippen LogP contribution < -0.4 is 10.6 Å². The number of nitrogens with zero attached hydrogens (tertiary/aromatic N) is 1. The molecule has 0 saturated carbocycles. The van der Waals surface area contributed by atoms with Crippen molar-refractivity contribution in [2.45, 2.75) is 57.8 Å². The molecule has 1 spiro atoms. The van der Waals surface area contributed by atoms with Gasteiger partial charge in [-0.05, 0) is 44.9 Å². The standard InChI is InChI=1S/C20H24ClN3O4/c1-5-8(2)24-17(26)13-14(18(24)27)20(23-16(13)10(4)25)11-6-7-12(21)9(3)15(11)22-19(20)28/h6-8,10,13-14,16,23,25H,5H2,1-4H3,(H,22,28)/p+1/t8-,10+,13-,14-,16-,20-/m0/s1. The highest BCUT2D eigenvalue weighted by atomic mass is 35.5. The first kappa shape index (κ1) is 19.4. The lowest BCUT2D eigenvalue weighted by Gasteiger charge is -2.29. The fourth-order valence-electron chi connectivity index (χ4n) is 5.15. The number of aliphatic hydroxyl groups excluding tert-OH is 1. The van der Waals surface area contributed by atoms with Gasteiger partial charge < -0.3 is 15.7 Å². The van der Waals surface area contributed by atoms with Gasteiger partial charge in [0.15, 0.2) is 0 Å². The molecule has 2 fully saturated rings. The summed E-state index contributed by atoms with van der Waals surface area (Å²) in [5.74, 6) is -2.56. The minimum atomic E-state index is -1.27. The number of fused-ring (bicyclic) bond motifs is 4. The van der Waals surface area contributed by atoms with Crippen LogP contribution in [0.1, 0.15) is 38.3 Å². The number of nitrogens with one attached hydrogen (secondary N) is 1. The Hall–Kier alpha value is -1.96. The van der Waals surface area contributed by atoms with Gasteiger partial charge in [-0.1, -0.05) is 18.5 Å². The van der Waals surface area contributed by atoms with Crippen LogP contribution in [0.15, 0.2) is 12.1 Å². The topological polar surface area (TPSA) is 103 Å². The van der Waals surface area contributed by atoms with Crippen LogP contribution in [0.25, 0.3) is 0 Å². The van der Waals surface area contributed by atoms with Crippen LogP contribution in [0.3, 0.4) is 0 Å². The van der Waals surface area contributed by atoms with Crippen molar-refractivity contribution < 1.29 is 24.8 Å². The number of likely N-dealkylation sites (tertiary alicyclic amines) is 1. The molecule has 2 saturated heterocycles. The van der Waals surface area contributed by atoms with Gasteiger partial charge in [0.1, 0.15) is 24.0 Å². The molecule has 3 aliphatic rings. The SMILES string of the molecule is CC[C@H](C)N1C(=O)[C@@H]2[C@H]([C@@H](C)O)[NH2+][C@]3(C(=O)Nc4c3ccc(Cl)c4C)[C@@H]2C1=O. The van der Waals surface area contributed by atoms with Crippen molar-refractivity contribution in [2.24, 2.45) is 11.8 Å². The predicted molar refractivity (Wildman–Crippen MR) is 102 cm³/mol. The highest BCUT2D eigenvalue weighted by Gasteiger charge is 2.75. The molecule has 0 bridgehead atoms. The summed E-state index contributed by atoms with van der Waals surface area (Å²) in [6.07, 6.45) is -0.226. The van der Waals surface area contributed by atoms with Gasteiger partial charge in [0, 0.05) is 16.6 Å². The summed E-state index contributed by atoms with van der Waals surface area (Å²) >= 11 is 6.23. The number of aliphatic hydroxyl groups is 1. The summed E-state index contributed by atoms with van der Waals surface area (Å²) < 4.78 is 0. The number of benzene rings is 1.